The number of ether oxygens (including phenoxy) is 1. The maximum Gasteiger partial charge on any atom is 0.262 e. The topological polar surface area (TPSA) is 38.3 Å². The fourth-order valence-electron chi connectivity index (χ4n) is 0.979. The third-order valence-electron chi connectivity index (χ3n) is 1.66. The zero-order valence-corrected chi connectivity index (χ0v) is 11.3. The summed E-state index contributed by atoms with van der Waals surface area (Å²) in [6, 6.07) is 1.84. The third-order valence-corrected chi connectivity index (χ3v) is 3.77. The van der Waals surface area contributed by atoms with Gasteiger partial charge in [-0.15, -0.1) is 22.9 Å². The first-order valence-corrected chi connectivity index (χ1v) is 6.40. The van der Waals surface area contributed by atoms with Crippen molar-refractivity contribution in [3.63, 3.8) is 0 Å². The molecule has 0 spiro atoms. The van der Waals surface area contributed by atoms with Crippen LogP contribution in [0.15, 0.2) is 15.9 Å². The number of methoxy groups -OCH3 is 1. The Morgan fingerprint density at radius 1 is 1.80 bits per heavy atom. The largest absolute Gasteiger partial charge is 0.383 e. The van der Waals surface area contributed by atoms with Crippen LogP contribution in [0.3, 0.4) is 0 Å². The second-order valence-corrected chi connectivity index (χ2v) is 5.25. The molecule has 0 aromatic carbocycles. The minimum Gasteiger partial charge on any atom is -0.383 e. The molecule has 0 saturated carbocycles. The van der Waals surface area contributed by atoms with Gasteiger partial charge in [0.05, 0.1) is 12.0 Å². The molecule has 6 heteroatoms. The van der Waals surface area contributed by atoms with Crippen LogP contribution in [0.25, 0.3) is 0 Å². The molecule has 0 fully saturated rings. The average molecular weight is 313 g/mol. The Labute approximate surface area is 106 Å². The fourth-order valence-corrected chi connectivity index (χ4v) is 2.65. The highest BCUT2D eigenvalue weighted by Crippen LogP contribution is 2.22. The monoisotopic (exact) mass is 311 g/mol. The van der Waals surface area contributed by atoms with E-state index < -0.39 is 0 Å². The first kappa shape index (κ1) is 13.0. The molecule has 1 amide bonds. The number of carbonyl (C=O) groups excluding carboxylic acids is 1. The molecular formula is C9H11BrClNO2S. The zero-order valence-electron chi connectivity index (χ0n) is 8.13. The van der Waals surface area contributed by atoms with Gasteiger partial charge in [-0.3, -0.25) is 4.79 Å². The summed E-state index contributed by atoms with van der Waals surface area (Å²) in [6.07, 6.45) is 0. The molecule has 0 aliphatic rings. The molecule has 1 atom stereocenters. The molecule has 84 valence electrons. The van der Waals surface area contributed by atoms with Gasteiger partial charge in [0.25, 0.3) is 5.91 Å². The lowest BCUT2D eigenvalue weighted by atomic mass is 10.4. The van der Waals surface area contributed by atoms with E-state index in [1.165, 1.54) is 11.3 Å². The number of halogens is 2. The zero-order chi connectivity index (χ0) is 11.3. The van der Waals surface area contributed by atoms with Crippen molar-refractivity contribution in [3.05, 3.63) is 20.8 Å². The van der Waals surface area contributed by atoms with E-state index in [1.54, 1.807) is 7.11 Å². The minimum absolute atomic E-state index is 0.112. The number of thiophene rings is 1. The maximum atomic E-state index is 11.6. The Hall–Kier alpha value is -0.100. The highest BCUT2D eigenvalue weighted by Gasteiger charge is 2.12. The maximum absolute atomic E-state index is 11.6. The van der Waals surface area contributed by atoms with Gasteiger partial charge in [-0.25, -0.2) is 0 Å². The summed E-state index contributed by atoms with van der Waals surface area (Å²) in [6.45, 7) is 0.825. The molecule has 1 heterocycles. The van der Waals surface area contributed by atoms with Gasteiger partial charge < -0.3 is 10.1 Å². The van der Waals surface area contributed by atoms with Crippen LogP contribution in [0.1, 0.15) is 9.67 Å². The second-order valence-electron chi connectivity index (χ2n) is 2.86. The third kappa shape index (κ3) is 4.10. The van der Waals surface area contributed by atoms with Crippen molar-refractivity contribution in [2.24, 2.45) is 0 Å². The lowest BCUT2D eigenvalue weighted by Crippen LogP contribution is -2.31. The molecule has 15 heavy (non-hydrogen) atoms. The molecule has 0 radical (unpaired) electrons. The summed E-state index contributed by atoms with van der Waals surface area (Å²) in [7, 11) is 1.58. The molecule has 0 saturated heterocycles. The van der Waals surface area contributed by atoms with Crippen LogP contribution in [-0.2, 0) is 4.74 Å². The molecule has 0 aliphatic carbocycles. The fraction of sp³-hybridized carbons (Fsp3) is 0.444. The van der Waals surface area contributed by atoms with E-state index in [9.17, 15) is 4.79 Å². The van der Waals surface area contributed by atoms with E-state index in [1.807, 2.05) is 11.4 Å². The summed E-state index contributed by atoms with van der Waals surface area (Å²) < 4.78 is 5.67. The minimum atomic E-state index is -0.197. The van der Waals surface area contributed by atoms with Gasteiger partial charge in [0.1, 0.15) is 4.88 Å². The van der Waals surface area contributed by atoms with Crippen LogP contribution in [0.2, 0.25) is 0 Å². The Morgan fingerprint density at radius 2 is 2.53 bits per heavy atom. The smallest absolute Gasteiger partial charge is 0.262 e. The molecule has 0 aliphatic heterocycles. The molecule has 0 bridgehead atoms. The normalized spacial score (nSPS) is 12.5. The molecule has 1 unspecified atom stereocenters. The van der Waals surface area contributed by atoms with Gasteiger partial charge in [-0.2, -0.15) is 0 Å². The van der Waals surface area contributed by atoms with E-state index in [0.717, 1.165) is 4.47 Å². The summed E-state index contributed by atoms with van der Waals surface area (Å²) in [5, 5.41) is 4.40. The van der Waals surface area contributed by atoms with Crippen LogP contribution in [-0.4, -0.2) is 31.5 Å². The molecular weight excluding hydrogens is 302 g/mol. The molecule has 3 nitrogen and oxygen atoms in total. The van der Waals surface area contributed by atoms with Crippen molar-refractivity contribution < 1.29 is 9.53 Å². The van der Waals surface area contributed by atoms with Crippen LogP contribution in [0.5, 0.6) is 0 Å². The van der Waals surface area contributed by atoms with Gasteiger partial charge in [-0.05, 0) is 27.4 Å². The number of carbonyl (C=O) groups is 1. The summed E-state index contributed by atoms with van der Waals surface area (Å²) in [5.74, 6) is -0.112. The Balaban J connectivity index is 2.40. The van der Waals surface area contributed by atoms with Crippen molar-refractivity contribution in [1.29, 1.82) is 0 Å². The lowest BCUT2D eigenvalue weighted by Gasteiger charge is -2.09. The Kier molecular flexibility index (Phi) is 5.60. The van der Waals surface area contributed by atoms with Crippen LogP contribution in [0.4, 0.5) is 0 Å². The molecule has 1 rings (SSSR count). The van der Waals surface area contributed by atoms with Gasteiger partial charge in [-0.1, -0.05) is 0 Å². The second kappa shape index (κ2) is 6.48. The summed E-state index contributed by atoms with van der Waals surface area (Å²) in [4.78, 5) is 12.3. The number of amides is 1. The Morgan fingerprint density at radius 3 is 3.07 bits per heavy atom. The SMILES string of the molecule is COCC(Cl)CNC(=O)c1sccc1Br. The summed E-state index contributed by atoms with van der Waals surface area (Å²) >= 11 is 10.6. The van der Waals surface area contributed by atoms with Gasteiger partial charge in [0.15, 0.2) is 0 Å². The van der Waals surface area contributed by atoms with Crippen molar-refractivity contribution >= 4 is 44.8 Å². The van der Waals surface area contributed by atoms with E-state index in [4.69, 9.17) is 16.3 Å². The number of alkyl halides is 1. The predicted molar refractivity (Wildman–Crippen MR) is 65.9 cm³/mol. The van der Waals surface area contributed by atoms with Crippen molar-refractivity contribution in [2.75, 3.05) is 20.3 Å². The summed E-state index contributed by atoms with van der Waals surface area (Å²) in [5.41, 5.74) is 0. The lowest BCUT2D eigenvalue weighted by molar-refractivity contribution is 0.0952. The first-order valence-electron chi connectivity index (χ1n) is 4.29. The van der Waals surface area contributed by atoms with Crippen LogP contribution < -0.4 is 5.32 Å². The highest BCUT2D eigenvalue weighted by molar-refractivity contribution is 9.10. The van der Waals surface area contributed by atoms with E-state index in [0.29, 0.717) is 18.0 Å². The highest BCUT2D eigenvalue weighted by atomic mass is 79.9. The number of hydrogen-bond acceptors (Lipinski definition) is 3. The quantitative estimate of drug-likeness (QED) is 0.848. The van der Waals surface area contributed by atoms with Gasteiger partial charge in [0.2, 0.25) is 0 Å². The number of hydrogen-bond donors (Lipinski definition) is 1. The molecule has 1 aromatic rings. The van der Waals surface area contributed by atoms with Crippen molar-refractivity contribution in [2.45, 2.75) is 5.38 Å². The van der Waals surface area contributed by atoms with E-state index in [2.05, 4.69) is 21.2 Å². The van der Waals surface area contributed by atoms with Gasteiger partial charge >= 0.3 is 0 Å². The van der Waals surface area contributed by atoms with Crippen molar-refractivity contribution in [3.8, 4) is 0 Å². The average Bonchev–Trinajstić information content (AvgIpc) is 2.61. The number of rotatable bonds is 5. The van der Waals surface area contributed by atoms with E-state index in [-0.39, 0.29) is 11.3 Å². The predicted octanol–water partition coefficient (Wildman–Crippen LogP) is 2.49. The molecule has 1 N–H and O–H groups in total. The van der Waals surface area contributed by atoms with Crippen molar-refractivity contribution in [1.82, 2.24) is 5.32 Å². The van der Waals surface area contributed by atoms with Crippen LogP contribution in [0, 0.1) is 0 Å². The van der Waals surface area contributed by atoms with Gasteiger partial charge in [0, 0.05) is 18.1 Å². The van der Waals surface area contributed by atoms with E-state index >= 15 is 0 Å². The number of nitrogens with one attached hydrogen (secondary N) is 1. The Bertz CT molecular complexity index is 332. The van der Waals surface area contributed by atoms with Crippen LogP contribution >= 0.6 is 38.9 Å². The standard InChI is InChI=1S/C9H11BrClNO2S/c1-14-5-6(11)4-12-9(13)8-7(10)2-3-15-8/h2-3,6H,4-5H2,1H3,(H,12,13). The molecule has 1 aromatic heterocycles. The first-order chi connectivity index (χ1) is 7.15.